The Morgan fingerprint density at radius 2 is 2.21 bits per heavy atom. The first-order chi connectivity index (χ1) is 9.08. The van der Waals surface area contributed by atoms with Crippen LogP contribution in [0.25, 0.3) is 0 Å². The van der Waals surface area contributed by atoms with Crippen LogP contribution in [0, 0.1) is 5.82 Å². The summed E-state index contributed by atoms with van der Waals surface area (Å²) in [5.41, 5.74) is 3.52. The topological polar surface area (TPSA) is 41.5 Å². The van der Waals surface area contributed by atoms with Gasteiger partial charge in [-0.2, -0.15) is 5.10 Å². The van der Waals surface area contributed by atoms with Crippen LogP contribution in [0.3, 0.4) is 0 Å². The zero-order valence-corrected chi connectivity index (χ0v) is 11.6. The Bertz CT molecular complexity index is 626. The Labute approximate surface area is 118 Å². The molecule has 0 spiro atoms. The quantitative estimate of drug-likeness (QED) is 0.681. The second-order valence-electron chi connectivity index (χ2n) is 3.74. The maximum absolute atomic E-state index is 12.9. The van der Waals surface area contributed by atoms with Crippen molar-refractivity contribution < 1.29 is 9.18 Å². The number of amides is 1. The number of carbonyl (C=O) groups is 1. The van der Waals surface area contributed by atoms with E-state index in [0.717, 1.165) is 0 Å². The van der Waals surface area contributed by atoms with Crippen LogP contribution in [0.1, 0.15) is 22.2 Å². The van der Waals surface area contributed by atoms with Gasteiger partial charge >= 0.3 is 0 Å². The average molecular weight is 297 g/mol. The largest absolute Gasteiger partial charge is 0.281 e. The lowest BCUT2D eigenvalue weighted by atomic mass is 10.1. The lowest BCUT2D eigenvalue weighted by Gasteiger charge is -2.04. The average Bonchev–Trinajstić information content (AvgIpc) is 2.89. The number of benzene rings is 1. The molecule has 98 valence electrons. The number of carbonyl (C=O) groups excluding carboxylic acids is 1. The molecule has 0 aliphatic carbocycles. The van der Waals surface area contributed by atoms with E-state index >= 15 is 0 Å². The molecular formula is C13H10ClFN2OS. The standard InChI is InChI=1S/C13H10ClFN2OS/c1-8(10-5-4-9(15)7-11(10)14)16-17-13(18)12-3-2-6-19-12/h2-7H,1H3,(H,17,18)/b16-8-. The Kier molecular flexibility index (Phi) is 4.29. The Hall–Kier alpha value is -1.72. The predicted octanol–water partition coefficient (Wildman–Crippen LogP) is 3.69. The number of hydrogen-bond acceptors (Lipinski definition) is 3. The smallest absolute Gasteiger partial charge is 0.266 e. The summed E-state index contributed by atoms with van der Waals surface area (Å²) in [5, 5.41) is 6.02. The van der Waals surface area contributed by atoms with Gasteiger partial charge in [-0.15, -0.1) is 11.3 Å². The molecular weight excluding hydrogens is 287 g/mol. The number of rotatable bonds is 3. The minimum absolute atomic E-state index is 0.256. The van der Waals surface area contributed by atoms with Gasteiger partial charge in [0.25, 0.3) is 5.91 Å². The highest BCUT2D eigenvalue weighted by Gasteiger charge is 2.08. The number of hydrazone groups is 1. The molecule has 1 aromatic heterocycles. The van der Waals surface area contributed by atoms with Gasteiger partial charge < -0.3 is 0 Å². The molecule has 6 heteroatoms. The van der Waals surface area contributed by atoms with Crippen molar-refractivity contribution in [2.75, 3.05) is 0 Å². The fourth-order valence-corrected chi connectivity index (χ4v) is 2.36. The van der Waals surface area contributed by atoms with Gasteiger partial charge in [-0.3, -0.25) is 4.79 Å². The van der Waals surface area contributed by atoms with Crippen LogP contribution in [0.15, 0.2) is 40.8 Å². The molecule has 2 rings (SSSR count). The SMILES string of the molecule is C/C(=N/NC(=O)c1cccs1)c1ccc(F)cc1Cl. The molecule has 0 saturated heterocycles. The van der Waals surface area contributed by atoms with Gasteiger partial charge in [0.05, 0.1) is 15.6 Å². The first kappa shape index (κ1) is 13.7. The molecule has 19 heavy (non-hydrogen) atoms. The normalized spacial score (nSPS) is 11.4. The van der Waals surface area contributed by atoms with Crippen molar-refractivity contribution in [1.29, 1.82) is 0 Å². The summed E-state index contributed by atoms with van der Waals surface area (Å²) in [5.74, 6) is -0.697. The highest BCUT2D eigenvalue weighted by atomic mass is 35.5. The Morgan fingerprint density at radius 3 is 2.84 bits per heavy atom. The predicted molar refractivity (Wildman–Crippen MR) is 75.4 cm³/mol. The summed E-state index contributed by atoms with van der Waals surface area (Å²) in [6, 6.07) is 7.51. The molecule has 0 saturated carbocycles. The fraction of sp³-hybridized carbons (Fsp3) is 0.0769. The van der Waals surface area contributed by atoms with Crippen LogP contribution in [0.4, 0.5) is 4.39 Å². The summed E-state index contributed by atoms with van der Waals surface area (Å²) in [4.78, 5) is 12.3. The molecule has 0 fully saturated rings. The van der Waals surface area contributed by atoms with Crippen molar-refractivity contribution in [3.8, 4) is 0 Å². The molecule has 3 nitrogen and oxygen atoms in total. The van der Waals surface area contributed by atoms with Crippen molar-refractivity contribution in [3.05, 3.63) is 57.0 Å². The van der Waals surface area contributed by atoms with E-state index in [4.69, 9.17) is 11.6 Å². The molecule has 1 heterocycles. The zero-order valence-electron chi connectivity index (χ0n) is 9.98. The van der Waals surface area contributed by atoms with Crippen LogP contribution < -0.4 is 5.43 Å². The number of thiophene rings is 1. The van der Waals surface area contributed by atoms with Crippen molar-refractivity contribution >= 4 is 34.6 Å². The second-order valence-corrected chi connectivity index (χ2v) is 5.09. The minimum Gasteiger partial charge on any atom is -0.266 e. The lowest BCUT2D eigenvalue weighted by molar-refractivity contribution is 0.0959. The first-order valence-corrected chi connectivity index (χ1v) is 6.67. The van der Waals surface area contributed by atoms with Crippen LogP contribution in [0.2, 0.25) is 5.02 Å². The number of hydrogen-bond donors (Lipinski definition) is 1. The summed E-state index contributed by atoms with van der Waals surface area (Å²) in [6.07, 6.45) is 0. The van der Waals surface area contributed by atoms with E-state index in [1.807, 2.05) is 5.38 Å². The summed E-state index contributed by atoms with van der Waals surface area (Å²) in [6.45, 7) is 1.69. The Morgan fingerprint density at radius 1 is 1.42 bits per heavy atom. The van der Waals surface area contributed by atoms with Crippen molar-refractivity contribution in [3.63, 3.8) is 0 Å². The lowest BCUT2D eigenvalue weighted by Crippen LogP contribution is -2.18. The molecule has 0 bridgehead atoms. The van der Waals surface area contributed by atoms with E-state index in [1.165, 1.54) is 29.5 Å². The third-order valence-corrected chi connectivity index (χ3v) is 3.57. The third kappa shape index (κ3) is 3.39. The number of nitrogens with zero attached hydrogens (tertiary/aromatic N) is 1. The van der Waals surface area contributed by atoms with Crippen molar-refractivity contribution in [1.82, 2.24) is 5.43 Å². The van der Waals surface area contributed by atoms with E-state index in [-0.39, 0.29) is 10.9 Å². The molecule has 1 aromatic carbocycles. The molecule has 0 radical (unpaired) electrons. The Balaban J connectivity index is 2.13. The van der Waals surface area contributed by atoms with Gasteiger partial charge in [0.1, 0.15) is 5.82 Å². The molecule has 0 aliphatic rings. The maximum Gasteiger partial charge on any atom is 0.281 e. The molecule has 0 unspecified atom stereocenters. The number of halogens is 2. The summed E-state index contributed by atoms with van der Waals surface area (Å²) < 4.78 is 12.9. The van der Waals surface area contributed by atoms with Crippen LogP contribution in [0.5, 0.6) is 0 Å². The maximum atomic E-state index is 12.9. The molecule has 0 aliphatic heterocycles. The van der Waals surface area contributed by atoms with E-state index in [1.54, 1.807) is 19.1 Å². The van der Waals surface area contributed by atoms with Crippen LogP contribution in [-0.4, -0.2) is 11.6 Å². The minimum atomic E-state index is -0.413. The molecule has 0 atom stereocenters. The van der Waals surface area contributed by atoms with E-state index in [0.29, 0.717) is 16.2 Å². The van der Waals surface area contributed by atoms with Crippen LogP contribution >= 0.6 is 22.9 Å². The highest BCUT2D eigenvalue weighted by Crippen LogP contribution is 2.18. The van der Waals surface area contributed by atoms with E-state index in [2.05, 4.69) is 10.5 Å². The van der Waals surface area contributed by atoms with Gasteiger partial charge in [0.2, 0.25) is 0 Å². The molecule has 1 N–H and O–H groups in total. The highest BCUT2D eigenvalue weighted by molar-refractivity contribution is 7.12. The van der Waals surface area contributed by atoms with Gasteiger partial charge in [-0.1, -0.05) is 17.7 Å². The number of nitrogens with one attached hydrogen (secondary N) is 1. The first-order valence-electron chi connectivity index (χ1n) is 5.41. The summed E-state index contributed by atoms with van der Waals surface area (Å²) in [7, 11) is 0. The molecule has 2 aromatic rings. The fourth-order valence-electron chi connectivity index (χ4n) is 1.44. The monoisotopic (exact) mass is 296 g/mol. The summed E-state index contributed by atoms with van der Waals surface area (Å²) >= 11 is 7.23. The van der Waals surface area contributed by atoms with Gasteiger partial charge in [0, 0.05) is 5.56 Å². The molecule has 1 amide bonds. The van der Waals surface area contributed by atoms with Gasteiger partial charge in [0.15, 0.2) is 0 Å². The third-order valence-electron chi connectivity index (χ3n) is 2.39. The van der Waals surface area contributed by atoms with Crippen molar-refractivity contribution in [2.24, 2.45) is 5.10 Å². The van der Waals surface area contributed by atoms with Gasteiger partial charge in [-0.05, 0) is 36.6 Å². The van der Waals surface area contributed by atoms with Crippen molar-refractivity contribution in [2.45, 2.75) is 6.92 Å². The van der Waals surface area contributed by atoms with Crippen LogP contribution in [-0.2, 0) is 0 Å². The van der Waals surface area contributed by atoms with Gasteiger partial charge in [-0.25, -0.2) is 9.82 Å². The second kappa shape index (κ2) is 5.95. The zero-order chi connectivity index (χ0) is 13.8. The van der Waals surface area contributed by atoms with E-state index in [9.17, 15) is 9.18 Å². The van der Waals surface area contributed by atoms with E-state index < -0.39 is 5.82 Å².